The second kappa shape index (κ2) is 31.5. The van der Waals surface area contributed by atoms with Gasteiger partial charge in [-0.2, -0.15) is 0 Å². The summed E-state index contributed by atoms with van der Waals surface area (Å²) in [6, 6.07) is 99.2. The van der Waals surface area contributed by atoms with Crippen molar-refractivity contribution in [3.8, 4) is 72.4 Å². The number of hydrogen-bond donors (Lipinski definition) is 0. The zero-order chi connectivity index (χ0) is 94.5. The molecule has 0 bridgehead atoms. The molecule has 2 aliphatic heterocycles. The SMILES string of the molecule is CC(C)(C)c1ccc(-c2cccc(-c3c(C(C)(C)C)cccc3C(C)(C)C)c2N2c3cc(-c4cc(C(C)(C)C)cc(C(C)(C)C)c4)ccc3B3c4ccc(-c5cc(C(C)(C)C)cc(C(C)(C)C)c5)cc4N(c4c(-c5ccc(C(C)(C)C)cc5)cccc4-c4c(C(C)(C)C)cccc4C(C)(C)C)c4cc(-n5c6ccc(C(C)(C)C)cc6c6cc(C(C)(C)C)ccc65)cc2c43)cc1. The van der Waals surface area contributed by atoms with Crippen LogP contribution in [-0.2, 0) is 65.0 Å². The molecule has 0 spiro atoms. The summed E-state index contributed by atoms with van der Waals surface area (Å²) in [7, 11) is 0. The Hall–Kier alpha value is -10.7. The molecule has 130 heavy (non-hydrogen) atoms. The lowest BCUT2D eigenvalue weighted by atomic mass is 9.33. The third-order valence-electron chi connectivity index (χ3n) is 28.4. The molecule has 14 aromatic rings. The van der Waals surface area contributed by atoms with Crippen LogP contribution in [0.1, 0.15) is 316 Å². The molecule has 0 saturated heterocycles. The van der Waals surface area contributed by atoms with E-state index in [2.05, 4.69) is 506 Å². The first-order valence-electron chi connectivity index (χ1n) is 48.3. The largest absolute Gasteiger partial charge is 0.310 e. The van der Waals surface area contributed by atoms with Gasteiger partial charge in [0, 0.05) is 55.8 Å². The van der Waals surface area contributed by atoms with Gasteiger partial charge in [0.2, 0.25) is 0 Å². The summed E-state index contributed by atoms with van der Waals surface area (Å²) >= 11 is 0. The minimum atomic E-state index is -0.319. The number of hydrogen-bond acceptors (Lipinski definition) is 2. The number of para-hydroxylation sites is 2. The molecular formula is C126H148BN3. The molecule has 3 nitrogen and oxygen atoms in total. The molecule has 0 fully saturated rings. The monoisotopic (exact) mass is 1710 g/mol. The van der Waals surface area contributed by atoms with Crippen molar-refractivity contribution >= 4 is 79.0 Å². The molecule has 13 aromatic carbocycles. The third-order valence-corrected chi connectivity index (χ3v) is 28.4. The summed E-state index contributed by atoms with van der Waals surface area (Å²) in [6.07, 6.45) is 0. The molecule has 0 amide bonds. The summed E-state index contributed by atoms with van der Waals surface area (Å²) in [6.45, 7) is 85.7. The first-order chi connectivity index (χ1) is 60.1. The summed E-state index contributed by atoms with van der Waals surface area (Å²) in [5, 5.41) is 2.49. The van der Waals surface area contributed by atoms with Crippen molar-refractivity contribution in [3.05, 3.63) is 309 Å². The normalized spacial score (nSPS) is 14.0. The average molecular weight is 1720 g/mol. The molecule has 0 atom stereocenters. The molecule has 3 heterocycles. The highest BCUT2D eigenvalue weighted by atomic mass is 15.2. The molecule has 0 aliphatic carbocycles. The number of aromatic nitrogens is 1. The van der Waals surface area contributed by atoms with Gasteiger partial charge < -0.3 is 14.4 Å². The zero-order valence-electron chi connectivity index (χ0n) is 86.0. The Morgan fingerprint density at radius 2 is 0.469 bits per heavy atom. The van der Waals surface area contributed by atoms with Crippen molar-refractivity contribution in [1.29, 1.82) is 0 Å². The Morgan fingerprint density at radius 3 is 0.754 bits per heavy atom. The van der Waals surface area contributed by atoms with Crippen molar-refractivity contribution < 1.29 is 0 Å². The molecular weight excluding hydrogens is 1570 g/mol. The van der Waals surface area contributed by atoms with Crippen LogP contribution in [0.25, 0.3) is 94.3 Å². The first kappa shape index (κ1) is 92.6. The quantitative estimate of drug-likeness (QED) is 0.133. The van der Waals surface area contributed by atoms with Crippen LogP contribution >= 0.6 is 0 Å². The molecule has 0 N–H and O–H groups in total. The maximum Gasteiger partial charge on any atom is 0.252 e. The first-order valence-corrected chi connectivity index (χ1v) is 48.3. The Kier molecular flexibility index (Phi) is 22.4. The van der Waals surface area contributed by atoms with E-state index in [1.807, 2.05) is 0 Å². The van der Waals surface area contributed by atoms with Gasteiger partial charge in [-0.1, -0.05) is 443 Å². The Morgan fingerprint density at radius 1 is 0.200 bits per heavy atom. The Labute approximate surface area is 784 Å². The number of rotatable bonds is 9. The van der Waals surface area contributed by atoms with E-state index in [4.69, 9.17) is 0 Å². The summed E-state index contributed by atoms with van der Waals surface area (Å²) < 4.78 is 2.68. The lowest BCUT2D eigenvalue weighted by Crippen LogP contribution is -2.61. The van der Waals surface area contributed by atoms with Crippen LogP contribution in [0.4, 0.5) is 34.1 Å². The summed E-state index contributed by atoms with van der Waals surface area (Å²) in [5.74, 6) is 0. The van der Waals surface area contributed by atoms with Gasteiger partial charge in [0.25, 0.3) is 6.71 Å². The molecule has 0 unspecified atom stereocenters. The predicted octanol–water partition coefficient (Wildman–Crippen LogP) is 34.4. The van der Waals surface area contributed by atoms with Gasteiger partial charge in [0.1, 0.15) is 0 Å². The van der Waals surface area contributed by atoms with E-state index >= 15 is 0 Å². The summed E-state index contributed by atoms with van der Waals surface area (Å²) in [5.41, 5.74) is 42.0. The van der Waals surface area contributed by atoms with Crippen LogP contribution in [0.2, 0.25) is 0 Å². The maximum atomic E-state index is 2.85. The number of anilines is 6. The average Bonchev–Trinajstić information content (AvgIpc) is 0.725. The zero-order valence-corrected chi connectivity index (χ0v) is 86.0. The van der Waals surface area contributed by atoms with Crippen molar-refractivity contribution in [2.24, 2.45) is 0 Å². The fourth-order valence-corrected chi connectivity index (χ4v) is 20.4. The maximum absolute atomic E-state index is 2.85. The minimum Gasteiger partial charge on any atom is -0.310 e. The third kappa shape index (κ3) is 17.0. The van der Waals surface area contributed by atoms with E-state index in [0.717, 1.165) is 73.1 Å². The summed E-state index contributed by atoms with van der Waals surface area (Å²) in [4.78, 5) is 5.70. The van der Waals surface area contributed by atoms with E-state index in [1.54, 1.807) is 0 Å². The molecule has 1 aromatic heterocycles. The van der Waals surface area contributed by atoms with Gasteiger partial charge in [-0.15, -0.1) is 0 Å². The lowest BCUT2D eigenvalue weighted by molar-refractivity contribution is 0.568. The van der Waals surface area contributed by atoms with Crippen LogP contribution in [0.5, 0.6) is 0 Å². The predicted molar refractivity (Wildman–Crippen MR) is 572 cm³/mol. The fraction of sp³-hybridized carbons (Fsp3) is 0.381. The van der Waals surface area contributed by atoms with Crippen LogP contribution in [-0.4, -0.2) is 11.3 Å². The molecule has 4 heteroatoms. The van der Waals surface area contributed by atoms with Crippen LogP contribution in [0.3, 0.4) is 0 Å². The van der Waals surface area contributed by atoms with Gasteiger partial charge in [-0.05, 0) is 241 Å². The van der Waals surface area contributed by atoms with Crippen molar-refractivity contribution in [2.45, 2.75) is 314 Å². The molecule has 16 rings (SSSR count). The Bertz CT molecular complexity index is 6260. The minimum absolute atomic E-state index is 0.0912. The molecule has 2 aliphatic rings. The second-order valence-corrected chi connectivity index (χ2v) is 51.0. The van der Waals surface area contributed by atoms with Crippen molar-refractivity contribution in [2.75, 3.05) is 9.80 Å². The highest BCUT2D eigenvalue weighted by Crippen LogP contribution is 2.58. The highest BCUT2D eigenvalue weighted by molar-refractivity contribution is 7.00. The van der Waals surface area contributed by atoms with Crippen molar-refractivity contribution in [3.63, 3.8) is 0 Å². The standard InChI is InChI=1S/C126H148BN3/c1-115(2,3)83-55-49-77(50-56-83)92-41-37-43-94(110-98(123(25,26)27)45-39-46-99(110)124(28,29)30)113(92)129-106-69-79(81-65-87(119(13,14)15)71-88(66-81)120(16,17)18)53-61-102(106)127-103-62-54-80(82-67-89(121(19,20)21)72-90(68-82)122(22,23)24)70-107(103)130(109-76-91(75-108(129)112(109)127)128-104-63-59-85(117(7,8)9)73-96(104)97-74-86(118(10,11)12)60-64-105(97)128)114-93(78-51-57-84(58-52-78)116(4,5)6)42-38-44-95(114)111-100(125(31,32)33)47-40-48-101(111)126(34,35)36/h37-76H,1-36H3. The second-order valence-electron chi connectivity index (χ2n) is 51.0. The van der Waals surface area contributed by atoms with Gasteiger partial charge in [0.05, 0.1) is 28.1 Å². The number of nitrogens with zero attached hydrogens (tertiary/aromatic N) is 3. The smallest absolute Gasteiger partial charge is 0.252 e. The van der Waals surface area contributed by atoms with E-state index in [0.29, 0.717) is 0 Å². The number of fused-ring (bicyclic) bond motifs is 7. The van der Waals surface area contributed by atoms with Crippen LogP contribution < -0.4 is 26.2 Å². The molecule has 0 radical (unpaired) electrons. The lowest BCUT2D eigenvalue weighted by Gasteiger charge is -2.46. The van der Waals surface area contributed by atoms with Crippen molar-refractivity contribution in [1.82, 2.24) is 4.57 Å². The van der Waals surface area contributed by atoms with E-state index in [9.17, 15) is 0 Å². The highest BCUT2D eigenvalue weighted by Gasteiger charge is 2.48. The fourth-order valence-electron chi connectivity index (χ4n) is 20.4. The van der Waals surface area contributed by atoms with E-state index in [1.165, 1.54) is 138 Å². The van der Waals surface area contributed by atoms with E-state index in [-0.39, 0.29) is 71.7 Å². The molecule has 0 saturated carbocycles. The van der Waals surface area contributed by atoms with Crippen LogP contribution in [0.15, 0.2) is 243 Å². The topological polar surface area (TPSA) is 11.4 Å². The van der Waals surface area contributed by atoms with E-state index < -0.39 is 0 Å². The Balaban J connectivity index is 1.21. The van der Waals surface area contributed by atoms with Gasteiger partial charge in [-0.3, -0.25) is 0 Å². The van der Waals surface area contributed by atoms with Gasteiger partial charge in [0.15, 0.2) is 0 Å². The number of benzene rings is 13. The van der Waals surface area contributed by atoms with Gasteiger partial charge in [-0.25, -0.2) is 0 Å². The van der Waals surface area contributed by atoms with Gasteiger partial charge >= 0.3 is 0 Å². The van der Waals surface area contributed by atoms with Crippen LogP contribution in [0, 0.1) is 0 Å². The molecule has 670 valence electrons.